The van der Waals surface area contributed by atoms with E-state index in [1.165, 1.54) is 16.8 Å². The number of hydrogen-bond acceptors (Lipinski definition) is 3. The van der Waals surface area contributed by atoms with Crippen molar-refractivity contribution in [3.8, 4) is 0 Å². The molecule has 0 heterocycles. The largest absolute Gasteiger partial charge is 0.372 e. The van der Waals surface area contributed by atoms with Gasteiger partial charge in [-0.15, -0.1) is 0 Å². The van der Waals surface area contributed by atoms with E-state index in [4.69, 9.17) is 23.2 Å². The van der Waals surface area contributed by atoms with Gasteiger partial charge in [0.2, 0.25) is 0 Å². The van der Waals surface area contributed by atoms with E-state index in [1.54, 1.807) is 18.2 Å². The highest BCUT2D eigenvalue weighted by atomic mass is 35.5. The van der Waals surface area contributed by atoms with Crippen LogP contribution in [-0.2, 0) is 13.1 Å². The normalized spacial score (nSPS) is 11.0. The van der Waals surface area contributed by atoms with Gasteiger partial charge < -0.3 is 4.90 Å². The second-order valence-electron chi connectivity index (χ2n) is 7.52. The Hall–Kier alpha value is -2.33. The van der Waals surface area contributed by atoms with Crippen molar-refractivity contribution in [2.45, 2.75) is 26.9 Å². The number of nitrogens with zero attached hydrogens (tertiary/aromatic N) is 2. The maximum absolute atomic E-state index is 13.0. The Morgan fingerprint density at radius 2 is 1.39 bits per heavy atom. The van der Waals surface area contributed by atoms with Crippen LogP contribution >= 0.6 is 23.2 Å². The summed E-state index contributed by atoms with van der Waals surface area (Å²) in [7, 11) is 0. The monoisotopic (exact) mass is 454 g/mol. The third kappa shape index (κ3) is 6.57. The molecule has 0 saturated heterocycles. The van der Waals surface area contributed by atoms with E-state index in [1.807, 2.05) is 18.2 Å². The molecule has 0 unspecified atom stereocenters. The van der Waals surface area contributed by atoms with Crippen LogP contribution in [0, 0.1) is 0 Å². The van der Waals surface area contributed by atoms with Crippen molar-refractivity contribution in [3.05, 3.63) is 99.5 Å². The second kappa shape index (κ2) is 11.3. The molecule has 0 bridgehead atoms. The summed E-state index contributed by atoms with van der Waals surface area (Å²) in [5, 5.41) is 0.849. The molecule has 0 aliphatic carbocycles. The third-order valence-corrected chi connectivity index (χ3v) is 6.07. The molecule has 5 heteroatoms. The predicted molar refractivity (Wildman–Crippen MR) is 131 cm³/mol. The Bertz CT molecular complexity index is 986. The van der Waals surface area contributed by atoms with Gasteiger partial charge in [0.05, 0.1) is 16.6 Å². The third-order valence-electron chi connectivity index (χ3n) is 5.33. The molecule has 0 spiro atoms. The zero-order chi connectivity index (χ0) is 22.2. The van der Waals surface area contributed by atoms with Crippen LogP contribution < -0.4 is 4.90 Å². The molecule has 3 nitrogen and oxygen atoms in total. The first-order chi connectivity index (χ1) is 15.0. The van der Waals surface area contributed by atoms with Crippen LogP contribution in [0.1, 0.15) is 35.3 Å². The van der Waals surface area contributed by atoms with E-state index >= 15 is 0 Å². The van der Waals surface area contributed by atoms with E-state index < -0.39 is 0 Å². The molecule has 3 aromatic carbocycles. The van der Waals surface area contributed by atoms with Gasteiger partial charge in [-0.2, -0.15) is 0 Å². The van der Waals surface area contributed by atoms with Gasteiger partial charge in [-0.3, -0.25) is 9.69 Å². The van der Waals surface area contributed by atoms with E-state index in [-0.39, 0.29) is 5.78 Å². The number of hydrogen-bond donors (Lipinski definition) is 0. The fourth-order valence-corrected chi connectivity index (χ4v) is 3.93. The quantitative estimate of drug-likeness (QED) is 0.317. The van der Waals surface area contributed by atoms with Crippen molar-refractivity contribution in [2.75, 3.05) is 24.5 Å². The average molecular weight is 455 g/mol. The van der Waals surface area contributed by atoms with Crippen molar-refractivity contribution in [1.29, 1.82) is 0 Å². The Kier molecular flexibility index (Phi) is 8.53. The summed E-state index contributed by atoms with van der Waals surface area (Å²) in [6.45, 7) is 7.94. The maximum atomic E-state index is 13.0. The molecule has 0 amide bonds. The summed E-state index contributed by atoms with van der Waals surface area (Å²) >= 11 is 12.1. The summed E-state index contributed by atoms with van der Waals surface area (Å²) in [4.78, 5) is 17.4. The number of carbonyl (C=O) groups is 1. The number of rotatable bonds is 10. The van der Waals surface area contributed by atoms with Gasteiger partial charge >= 0.3 is 0 Å². The highest BCUT2D eigenvalue weighted by Crippen LogP contribution is 2.23. The molecule has 0 atom stereocenters. The number of anilines is 1. The fraction of sp³-hybridized carbons (Fsp3) is 0.269. The van der Waals surface area contributed by atoms with Gasteiger partial charge in [0, 0.05) is 37.4 Å². The minimum Gasteiger partial charge on any atom is -0.372 e. The minimum atomic E-state index is 0.0225. The Balaban J connectivity index is 1.77. The number of benzene rings is 3. The lowest BCUT2D eigenvalue weighted by atomic mass is 10.1. The summed E-state index contributed by atoms with van der Waals surface area (Å²) in [6.07, 6.45) is 0. The summed E-state index contributed by atoms with van der Waals surface area (Å²) < 4.78 is 0. The summed E-state index contributed by atoms with van der Waals surface area (Å²) in [5.41, 5.74) is 4.14. The van der Waals surface area contributed by atoms with Crippen LogP contribution in [0.4, 0.5) is 5.69 Å². The minimum absolute atomic E-state index is 0.0225. The van der Waals surface area contributed by atoms with E-state index in [0.29, 0.717) is 35.2 Å². The lowest BCUT2D eigenvalue weighted by Crippen LogP contribution is -2.29. The van der Waals surface area contributed by atoms with Crippen LogP contribution in [0.5, 0.6) is 0 Å². The van der Waals surface area contributed by atoms with Gasteiger partial charge in [0.1, 0.15) is 0 Å². The van der Waals surface area contributed by atoms with Crippen LogP contribution in [0.2, 0.25) is 10.0 Å². The van der Waals surface area contributed by atoms with Gasteiger partial charge in [-0.25, -0.2) is 0 Å². The van der Waals surface area contributed by atoms with Crippen LogP contribution in [-0.4, -0.2) is 30.3 Å². The van der Waals surface area contributed by atoms with Gasteiger partial charge in [0.25, 0.3) is 0 Å². The molecule has 0 radical (unpaired) electrons. The first-order valence-electron chi connectivity index (χ1n) is 10.6. The molecule has 0 aliphatic heterocycles. The van der Waals surface area contributed by atoms with Gasteiger partial charge in [-0.05, 0) is 55.3 Å². The zero-order valence-electron chi connectivity index (χ0n) is 18.0. The molecule has 162 valence electrons. The molecule has 0 fully saturated rings. The molecule has 0 saturated carbocycles. The summed E-state index contributed by atoms with van der Waals surface area (Å²) in [5.74, 6) is 0.0225. The maximum Gasteiger partial charge on any atom is 0.176 e. The van der Waals surface area contributed by atoms with Crippen LogP contribution in [0.25, 0.3) is 0 Å². The standard InChI is InChI=1S/C26H28Cl2N2O/c1-3-30(4-2)23-13-10-21(11-14-23)18-29(17-20-8-6-5-7-9-20)19-26(31)22-12-15-24(27)25(28)16-22/h5-16H,3-4,17-19H2,1-2H3. The SMILES string of the molecule is CCN(CC)c1ccc(CN(CC(=O)c2ccc(Cl)c(Cl)c2)Cc2ccccc2)cc1. The number of ketones is 1. The van der Waals surface area contributed by atoms with Gasteiger partial charge in [0.15, 0.2) is 5.78 Å². The Morgan fingerprint density at radius 1 is 0.774 bits per heavy atom. The van der Waals surface area contributed by atoms with Crippen molar-refractivity contribution < 1.29 is 4.79 Å². The number of carbonyl (C=O) groups excluding carboxylic acids is 1. The molecule has 0 N–H and O–H groups in total. The molecule has 3 aromatic rings. The fourth-order valence-electron chi connectivity index (χ4n) is 3.63. The average Bonchev–Trinajstić information content (AvgIpc) is 2.78. The number of halogens is 2. The number of Topliss-reactive ketones (excluding diaryl/α,β-unsaturated/α-hetero) is 1. The first kappa shape index (κ1) is 23.3. The Labute approximate surface area is 195 Å². The molecular formula is C26H28Cl2N2O. The lowest BCUT2D eigenvalue weighted by Gasteiger charge is -2.24. The first-order valence-corrected chi connectivity index (χ1v) is 11.3. The van der Waals surface area contributed by atoms with E-state index in [0.717, 1.165) is 13.1 Å². The second-order valence-corrected chi connectivity index (χ2v) is 8.34. The van der Waals surface area contributed by atoms with E-state index in [9.17, 15) is 4.79 Å². The molecule has 3 rings (SSSR count). The molecule has 0 aromatic heterocycles. The predicted octanol–water partition coefficient (Wildman–Crippen LogP) is 6.72. The highest BCUT2D eigenvalue weighted by molar-refractivity contribution is 6.42. The molecule has 0 aliphatic rings. The van der Waals surface area contributed by atoms with Gasteiger partial charge in [-0.1, -0.05) is 65.7 Å². The smallest absolute Gasteiger partial charge is 0.176 e. The van der Waals surface area contributed by atoms with E-state index in [2.05, 4.69) is 60.0 Å². The zero-order valence-corrected chi connectivity index (χ0v) is 19.5. The summed E-state index contributed by atoms with van der Waals surface area (Å²) in [6, 6.07) is 23.9. The van der Waals surface area contributed by atoms with Crippen molar-refractivity contribution in [2.24, 2.45) is 0 Å². The molecule has 31 heavy (non-hydrogen) atoms. The lowest BCUT2D eigenvalue weighted by molar-refractivity contribution is 0.0920. The van der Waals surface area contributed by atoms with Crippen molar-refractivity contribution in [3.63, 3.8) is 0 Å². The van der Waals surface area contributed by atoms with Crippen molar-refractivity contribution >= 4 is 34.7 Å². The highest BCUT2D eigenvalue weighted by Gasteiger charge is 2.15. The topological polar surface area (TPSA) is 23.6 Å². The van der Waals surface area contributed by atoms with Crippen molar-refractivity contribution in [1.82, 2.24) is 4.90 Å². The molecular weight excluding hydrogens is 427 g/mol. The van der Waals surface area contributed by atoms with Crippen LogP contribution in [0.3, 0.4) is 0 Å². The Morgan fingerprint density at radius 3 is 1.97 bits per heavy atom. The van der Waals surface area contributed by atoms with Crippen LogP contribution in [0.15, 0.2) is 72.8 Å².